The van der Waals surface area contributed by atoms with Gasteiger partial charge in [-0.1, -0.05) is 26.2 Å². The van der Waals surface area contributed by atoms with Crippen LogP contribution in [0.1, 0.15) is 44.6 Å². The predicted octanol–water partition coefficient (Wildman–Crippen LogP) is 2.41. The quantitative estimate of drug-likeness (QED) is 0.831. The van der Waals surface area contributed by atoms with Crippen LogP contribution in [-0.4, -0.2) is 41.4 Å². The Morgan fingerprint density at radius 1 is 1.35 bits per heavy atom. The van der Waals surface area contributed by atoms with Crippen LogP contribution in [0.3, 0.4) is 0 Å². The molecule has 0 unspecified atom stereocenters. The molecule has 1 aliphatic rings. The maximum atomic E-state index is 4.26. The summed E-state index contributed by atoms with van der Waals surface area (Å²) in [5, 5.41) is 7.85. The van der Waals surface area contributed by atoms with Gasteiger partial charge in [0.25, 0.3) is 0 Å². The van der Waals surface area contributed by atoms with E-state index < -0.39 is 0 Å². The molecule has 0 aromatic carbocycles. The van der Waals surface area contributed by atoms with Crippen LogP contribution in [0.25, 0.3) is 0 Å². The summed E-state index contributed by atoms with van der Waals surface area (Å²) in [6, 6.07) is 0. The Balaban J connectivity index is 1.92. The van der Waals surface area contributed by atoms with E-state index in [0.29, 0.717) is 5.41 Å². The molecule has 1 saturated carbocycles. The van der Waals surface area contributed by atoms with Crippen LogP contribution in [0, 0.1) is 5.41 Å². The van der Waals surface area contributed by atoms with Crippen molar-refractivity contribution in [1.82, 2.24) is 20.0 Å². The lowest BCUT2D eigenvalue weighted by Crippen LogP contribution is -2.44. The molecule has 1 heterocycles. The molecule has 0 spiro atoms. The van der Waals surface area contributed by atoms with Crippen molar-refractivity contribution in [2.75, 3.05) is 26.7 Å². The second kappa shape index (κ2) is 7.23. The highest BCUT2D eigenvalue weighted by molar-refractivity contribution is 5.03. The highest BCUT2D eigenvalue weighted by Crippen LogP contribution is 2.36. The van der Waals surface area contributed by atoms with Gasteiger partial charge in [-0.25, -0.2) is 0 Å². The van der Waals surface area contributed by atoms with Gasteiger partial charge in [-0.05, 0) is 31.8 Å². The maximum Gasteiger partial charge on any atom is 0.0534 e. The van der Waals surface area contributed by atoms with Gasteiger partial charge in [-0.3, -0.25) is 4.68 Å². The van der Waals surface area contributed by atoms with E-state index in [1.807, 2.05) is 17.9 Å². The first-order chi connectivity index (χ1) is 9.63. The highest BCUT2D eigenvalue weighted by atomic mass is 15.2. The van der Waals surface area contributed by atoms with E-state index >= 15 is 0 Å². The standard InChI is InChI=1S/C16H30N4/c1-4-17-13-16(8-6-5-7-9-16)14-19(2)11-15-10-18-20(3)12-15/h10,12,17H,4-9,11,13-14H2,1-3H3. The normalized spacial score (nSPS) is 18.6. The molecule has 1 aliphatic carbocycles. The average molecular weight is 278 g/mol. The molecule has 0 radical (unpaired) electrons. The number of nitrogens with one attached hydrogen (secondary N) is 1. The zero-order valence-corrected chi connectivity index (χ0v) is 13.4. The van der Waals surface area contributed by atoms with Crippen molar-refractivity contribution in [3.63, 3.8) is 0 Å². The molecular weight excluding hydrogens is 248 g/mol. The lowest BCUT2D eigenvalue weighted by molar-refractivity contribution is 0.114. The van der Waals surface area contributed by atoms with Gasteiger partial charge in [0.05, 0.1) is 6.20 Å². The second-order valence-corrected chi connectivity index (χ2v) is 6.54. The van der Waals surface area contributed by atoms with Gasteiger partial charge in [0.1, 0.15) is 0 Å². The van der Waals surface area contributed by atoms with E-state index in [-0.39, 0.29) is 0 Å². The number of hydrogen-bond acceptors (Lipinski definition) is 3. The van der Waals surface area contributed by atoms with Gasteiger partial charge in [0.15, 0.2) is 0 Å². The van der Waals surface area contributed by atoms with Crippen molar-refractivity contribution in [1.29, 1.82) is 0 Å². The van der Waals surface area contributed by atoms with Crippen molar-refractivity contribution in [2.24, 2.45) is 12.5 Å². The van der Waals surface area contributed by atoms with Crippen LogP contribution in [-0.2, 0) is 13.6 Å². The smallest absolute Gasteiger partial charge is 0.0534 e. The molecule has 4 heteroatoms. The minimum atomic E-state index is 0.477. The first-order valence-corrected chi connectivity index (χ1v) is 8.00. The van der Waals surface area contributed by atoms with Crippen molar-refractivity contribution in [3.05, 3.63) is 18.0 Å². The molecular formula is C16H30N4. The summed E-state index contributed by atoms with van der Waals surface area (Å²) in [4.78, 5) is 2.47. The largest absolute Gasteiger partial charge is 0.316 e. The Hall–Kier alpha value is -0.870. The first kappa shape index (κ1) is 15.5. The Morgan fingerprint density at radius 2 is 2.10 bits per heavy atom. The van der Waals surface area contributed by atoms with E-state index in [1.165, 1.54) is 50.8 Å². The van der Waals surface area contributed by atoms with Gasteiger partial charge in [-0.15, -0.1) is 0 Å². The zero-order valence-electron chi connectivity index (χ0n) is 13.4. The SMILES string of the molecule is CCNCC1(CN(C)Cc2cnn(C)c2)CCCCC1. The number of nitrogens with zero attached hydrogens (tertiary/aromatic N) is 3. The molecule has 1 aromatic heterocycles. The van der Waals surface area contributed by atoms with Gasteiger partial charge in [0, 0.05) is 38.4 Å². The molecule has 1 fully saturated rings. The number of hydrogen-bond donors (Lipinski definition) is 1. The summed E-state index contributed by atoms with van der Waals surface area (Å²) in [7, 11) is 4.23. The molecule has 0 saturated heterocycles. The summed E-state index contributed by atoms with van der Waals surface area (Å²) in [5.74, 6) is 0. The highest BCUT2D eigenvalue weighted by Gasteiger charge is 2.32. The Labute approximate surface area is 123 Å². The zero-order chi connectivity index (χ0) is 14.4. The fourth-order valence-electron chi connectivity index (χ4n) is 3.58. The minimum absolute atomic E-state index is 0.477. The molecule has 0 amide bonds. The third kappa shape index (κ3) is 4.32. The third-order valence-electron chi connectivity index (χ3n) is 4.48. The predicted molar refractivity (Wildman–Crippen MR) is 83.6 cm³/mol. The number of rotatable bonds is 7. The van der Waals surface area contributed by atoms with Crippen LogP contribution >= 0.6 is 0 Å². The third-order valence-corrected chi connectivity index (χ3v) is 4.48. The van der Waals surface area contributed by atoms with Crippen molar-refractivity contribution in [2.45, 2.75) is 45.6 Å². The topological polar surface area (TPSA) is 33.1 Å². The lowest BCUT2D eigenvalue weighted by Gasteiger charge is -2.40. The first-order valence-electron chi connectivity index (χ1n) is 8.00. The molecule has 0 atom stereocenters. The molecule has 0 bridgehead atoms. The summed E-state index contributed by atoms with van der Waals surface area (Å²) in [5.41, 5.74) is 1.79. The van der Waals surface area contributed by atoms with E-state index in [0.717, 1.165) is 13.1 Å². The van der Waals surface area contributed by atoms with Crippen LogP contribution in [0.4, 0.5) is 0 Å². The fraction of sp³-hybridized carbons (Fsp3) is 0.812. The van der Waals surface area contributed by atoms with Crippen molar-refractivity contribution >= 4 is 0 Å². The molecule has 20 heavy (non-hydrogen) atoms. The van der Waals surface area contributed by atoms with E-state index in [4.69, 9.17) is 0 Å². The van der Waals surface area contributed by atoms with Crippen LogP contribution < -0.4 is 5.32 Å². The van der Waals surface area contributed by atoms with Gasteiger partial charge < -0.3 is 10.2 Å². The Bertz CT molecular complexity index is 393. The maximum absolute atomic E-state index is 4.26. The Kier molecular flexibility index (Phi) is 5.61. The van der Waals surface area contributed by atoms with Crippen LogP contribution in [0.2, 0.25) is 0 Å². The molecule has 0 aliphatic heterocycles. The van der Waals surface area contributed by atoms with E-state index in [2.05, 4.69) is 35.5 Å². The van der Waals surface area contributed by atoms with Gasteiger partial charge >= 0.3 is 0 Å². The monoisotopic (exact) mass is 278 g/mol. The van der Waals surface area contributed by atoms with E-state index in [9.17, 15) is 0 Å². The van der Waals surface area contributed by atoms with E-state index in [1.54, 1.807) is 0 Å². The summed E-state index contributed by atoms with van der Waals surface area (Å²) >= 11 is 0. The van der Waals surface area contributed by atoms with Gasteiger partial charge in [-0.2, -0.15) is 5.10 Å². The minimum Gasteiger partial charge on any atom is -0.316 e. The summed E-state index contributed by atoms with van der Waals surface area (Å²) < 4.78 is 1.89. The summed E-state index contributed by atoms with van der Waals surface area (Å²) in [6.45, 7) is 6.64. The average Bonchev–Trinajstić information content (AvgIpc) is 2.82. The molecule has 4 nitrogen and oxygen atoms in total. The number of aryl methyl sites for hydroxylation is 1. The van der Waals surface area contributed by atoms with Crippen molar-refractivity contribution in [3.8, 4) is 0 Å². The second-order valence-electron chi connectivity index (χ2n) is 6.54. The fourth-order valence-corrected chi connectivity index (χ4v) is 3.58. The van der Waals surface area contributed by atoms with Crippen LogP contribution in [0.5, 0.6) is 0 Å². The molecule has 1 aromatic rings. The lowest BCUT2D eigenvalue weighted by atomic mass is 9.73. The Morgan fingerprint density at radius 3 is 2.70 bits per heavy atom. The molecule has 114 valence electrons. The number of aromatic nitrogens is 2. The van der Waals surface area contributed by atoms with Crippen LogP contribution in [0.15, 0.2) is 12.4 Å². The van der Waals surface area contributed by atoms with Crippen molar-refractivity contribution < 1.29 is 0 Å². The molecule has 2 rings (SSSR count). The summed E-state index contributed by atoms with van der Waals surface area (Å²) in [6.07, 6.45) is 11.1. The van der Waals surface area contributed by atoms with Gasteiger partial charge in [0.2, 0.25) is 0 Å². The molecule has 1 N–H and O–H groups in total.